The lowest BCUT2D eigenvalue weighted by Gasteiger charge is -2.35. The number of hydrogen-bond donors (Lipinski definition) is 0. The fourth-order valence-corrected chi connectivity index (χ4v) is 10.6. The number of hydrogen-bond acceptors (Lipinski definition) is 1. The molecule has 0 bridgehead atoms. The number of ether oxygens (including phenoxy) is 1. The van der Waals surface area contributed by atoms with Gasteiger partial charge in [-0.3, -0.25) is 0 Å². The second kappa shape index (κ2) is 14.2. The number of nitrogens with zero attached hydrogens (tertiary/aromatic N) is 1. The monoisotopic (exact) mass is 799 g/mol. The van der Waals surface area contributed by atoms with E-state index in [4.69, 9.17) is 4.74 Å². The summed E-state index contributed by atoms with van der Waals surface area (Å²) in [6, 6.07) is 84.0. The molecule has 2 nitrogen and oxygen atoms in total. The molecular weight excluding hydrogens is 761 g/mol. The second-order valence-electron chi connectivity index (χ2n) is 16.7. The first kappa shape index (κ1) is 35.6. The van der Waals surface area contributed by atoms with Crippen LogP contribution in [0.15, 0.2) is 231 Å². The van der Waals surface area contributed by atoms with Gasteiger partial charge in [-0.1, -0.05) is 206 Å². The number of rotatable bonds is 6. The minimum Gasteiger partial charge on any atom is -0.458 e. The van der Waals surface area contributed by atoms with Crippen molar-refractivity contribution < 1.29 is 4.74 Å². The van der Waals surface area contributed by atoms with E-state index in [0.29, 0.717) is 0 Å². The van der Waals surface area contributed by atoms with Gasteiger partial charge in [-0.2, -0.15) is 0 Å². The van der Waals surface area contributed by atoms with Crippen LogP contribution in [-0.4, -0.2) is 11.3 Å². The zero-order chi connectivity index (χ0) is 41.4. The summed E-state index contributed by atoms with van der Waals surface area (Å²) in [5, 5.41) is 2.51. The third-order valence-corrected chi connectivity index (χ3v) is 13.3. The lowest BCUT2D eigenvalue weighted by molar-refractivity contribution is 0.489. The molecule has 0 unspecified atom stereocenters. The van der Waals surface area contributed by atoms with E-state index in [2.05, 4.69) is 235 Å². The fourth-order valence-electron chi connectivity index (χ4n) is 10.6. The molecule has 0 saturated heterocycles. The predicted molar refractivity (Wildman–Crippen MR) is 265 cm³/mol. The van der Waals surface area contributed by atoms with E-state index in [-0.39, 0.29) is 6.71 Å². The van der Waals surface area contributed by atoms with E-state index in [1.54, 1.807) is 0 Å². The van der Waals surface area contributed by atoms with Crippen molar-refractivity contribution >= 4 is 44.9 Å². The Morgan fingerprint density at radius 3 is 1.41 bits per heavy atom. The van der Waals surface area contributed by atoms with E-state index in [1.807, 2.05) is 0 Å². The average molecular weight is 800 g/mol. The molecule has 13 rings (SSSR count). The molecule has 3 heteroatoms. The van der Waals surface area contributed by atoms with Gasteiger partial charge in [0, 0.05) is 27.5 Å². The van der Waals surface area contributed by atoms with Crippen LogP contribution in [0.2, 0.25) is 0 Å². The number of fused-ring (bicyclic) bond motifs is 7. The fraction of sp³-hybridized carbons (Fsp3) is 0. The lowest BCUT2D eigenvalue weighted by Crippen LogP contribution is -2.58. The van der Waals surface area contributed by atoms with Gasteiger partial charge in [0.2, 0.25) is 0 Å². The standard InChI is InChI=1S/C60H38BNO/c1-4-19-39(20-5-1)44-25-10-12-28-47(44)42-35-52(49-30-15-14-27-46(49)41-23-8-3-9-24-41)60-54(36-42)61-53-33-18-32-51-50-31-16-17-34-55(50)62(59(51)53)56-37-43(38-57(63-60)58(56)61)48-29-13-11-26-45(48)40-21-6-2-7-22-40/h1-38H. The molecule has 0 spiro atoms. The first-order chi connectivity index (χ1) is 31.3. The Hall–Kier alpha value is -8.14. The third-order valence-electron chi connectivity index (χ3n) is 13.3. The number of aromatic nitrogens is 1. The van der Waals surface area contributed by atoms with Crippen LogP contribution >= 0.6 is 0 Å². The molecule has 0 aliphatic carbocycles. The molecular formula is C60H38BNO. The highest BCUT2D eigenvalue weighted by Gasteiger charge is 2.42. The van der Waals surface area contributed by atoms with E-state index in [9.17, 15) is 0 Å². The molecule has 11 aromatic rings. The normalized spacial score (nSPS) is 12.2. The number of para-hydroxylation sites is 2. The van der Waals surface area contributed by atoms with Crippen LogP contribution in [0, 0.1) is 0 Å². The van der Waals surface area contributed by atoms with E-state index in [1.165, 1.54) is 82.7 Å². The summed E-state index contributed by atoms with van der Waals surface area (Å²) in [5.41, 5.74) is 21.2. The van der Waals surface area contributed by atoms with Crippen molar-refractivity contribution in [2.45, 2.75) is 0 Å². The Labute approximate surface area is 367 Å². The maximum absolute atomic E-state index is 7.60. The molecule has 0 atom stereocenters. The van der Waals surface area contributed by atoms with Crippen LogP contribution in [0.5, 0.6) is 11.5 Å². The molecule has 0 radical (unpaired) electrons. The molecule has 0 amide bonds. The summed E-state index contributed by atoms with van der Waals surface area (Å²) in [7, 11) is 0. The molecule has 1 aromatic heterocycles. The van der Waals surface area contributed by atoms with Gasteiger partial charge in [-0.15, -0.1) is 0 Å². The Kier molecular flexibility index (Phi) is 8.04. The van der Waals surface area contributed by atoms with Crippen molar-refractivity contribution in [2.24, 2.45) is 0 Å². The highest BCUT2D eigenvalue weighted by Crippen LogP contribution is 2.47. The summed E-state index contributed by atoms with van der Waals surface area (Å²) < 4.78 is 10.1. The van der Waals surface area contributed by atoms with Gasteiger partial charge in [0.15, 0.2) is 0 Å². The zero-order valence-electron chi connectivity index (χ0n) is 34.4. The van der Waals surface area contributed by atoms with Gasteiger partial charge in [0.25, 0.3) is 6.71 Å². The molecule has 0 fully saturated rings. The molecule has 3 heterocycles. The summed E-state index contributed by atoms with van der Waals surface area (Å²) in [4.78, 5) is 0. The van der Waals surface area contributed by atoms with E-state index >= 15 is 0 Å². The summed E-state index contributed by atoms with van der Waals surface area (Å²) in [5.74, 6) is 1.79. The van der Waals surface area contributed by atoms with Crippen LogP contribution in [0.3, 0.4) is 0 Å². The van der Waals surface area contributed by atoms with Gasteiger partial charge < -0.3 is 9.30 Å². The van der Waals surface area contributed by atoms with Crippen molar-refractivity contribution in [3.63, 3.8) is 0 Å². The smallest absolute Gasteiger partial charge is 0.256 e. The summed E-state index contributed by atoms with van der Waals surface area (Å²) >= 11 is 0. The lowest BCUT2D eigenvalue weighted by atomic mass is 9.34. The minimum atomic E-state index is -0.0934. The molecule has 0 N–H and O–H groups in total. The number of benzene rings is 10. The van der Waals surface area contributed by atoms with Crippen molar-refractivity contribution in [3.05, 3.63) is 231 Å². The maximum Gasteiger partial charge on any atom is 0.256 e. The summed E-state index contributed by atoms with van der Waals surface area (Å²) in [6.07, 6.45) is 0. The van der Waals surface area contributed by atoms with Crippen molar-refractivity contribution in [1.82, 2.24) is 4.57 Å². The van der Waals surface area contributed by atoms with Gasteiger partial charge in [-0.25, -0.2) is 0 Å². The van der Waals surface area contributed by atoms with Gasteiger partial charge in [-0.05, 0) is 102 Å². The SMILES string of the molecule is c1ccc(-c2ccccc2-c2cc3c(c(-c4ccccc4-c4ccccc4)c2)Oc2cc(-c4ccccc4-c4ccccc4)cc4c2B3c2cccc3c5ccccc5n-4c23)cc1. The van der Waals surface area contributed by atoms with Crippen molar-refractivity contribution in [1.29, 1.82) is 0 Å². The van der Waals surface area contributed by atoms with E-state index < -0.39 is 0 Å². The van der Waals surface area contributed by atoms with Crippen LogP contribution in [-0.2, 0) is 0 Å². The highest BCUT2D eigenvalue weighted by atomic mass is 16.5. The predicted octanol–water partition coefficient (Wildman–Crippen LogP) is 13.7. The first-order valence-corrected chi connectivity index (χ1v) is 21.8. The highest BCUT2D eigenvalue weighted by molar-refractivity contribution is 6.99. The molecule has 2 aliphatic heterocycles. The zero-order valence-corrected chi connectivity index (χ0v) is 34.4. The van der Waals surface area contributed by atoms with Crippen molar-refractivity contribution in [3.8, 4) is 83.9 Å². The summed E-state index contributed by atoms with van der Waals surface area (Å²) in [6.45, 7) is -0.0934. The average Bonchev–Trinajstić information content (AvgIpc) is 3.71. The van der Waals surface area contributed by atoms with Crippen LogP contribution in [0.25, 0.3) is 94.3 Å². The van der Waals surface area contributed by atoms with Crippen LogP contribution < -0.4 is 21.1 Å². The molecule has 10 aromatic carbocycles. The molecule has 63 heavy (non-hydrogen) atoms. The minimum absolute atomic E-state index is 0.0934. The van der Waals surface area contributed by atoms with Crippen molar-refractivity contribution in [2.75, 3.05) is 0 Å². The Morgan fingerprint density at radius 2 is 0.810 bits per heavy atom. The van der Waals surface area contributed by atoms with Crippen LogP contribution in [0.1, 0.15) is 0 Å². The molecule has 2 aliphatic rings. The Bertz CT molecular complexity index is 3590. The van der Waals surface area contributed by atoms with Gasteiger partial charge in [0.1, 0.15) is 11.5 Å². The second-order valence-corrected chi connectivity index (χ2v) is 16.7. The quantitative estimate of drug-likeness (QED) is 0.153. The maximum atomic E-state index is 7.60. The molecule has 292 valence electrons. The topological polar surface area (TPSA) is 14.2 Å². The Balaban J connectivity index is 1.15. The Morgan fingerprint density at radius 1 is 0.333 bits per heavy atom. The first-order valence-electron chi connectivity index (χ1n) is 21.8. The molecule has 0 saturated carbocycles. The third kappa shape index (κ3) is 5.53. The van der Waals surface area contributed by atoms with E-state index in [0.717, 1.165) is 39.4 Å². The van der Waals surface area contributed by atoms with Crippen LogP contribution in [0.4, 0.5) is 0 Å². The van der Waals surface area contributed by atoms with Gasteiger partial charge >= 0.3 is 0 Å². The largest absolute Gasteiger partial charge is 0.458 e. The van der Waals surface area contributed by atoms with Gasteiger partial charge in [0.05, 0.1) is 5.52 Å².